The Morgan fingerprint density at radius 2 is 1.61 bits per heavy atom. The second-order valence-corrected chi connectivity index (χ2v) is 10.7. The zero-order chi connectivity index (χ0) is 23.6. The topological polar surface area (TPSA) is 79.0 Å². The highest BCUT2D eigenvalue weighted by molar-refractivity contribution is 5.87. The van der Waals surface area contributed by atoms with E-state index in [1.165, 1.54) is 12.8 Å². The van der Waals surface area contributed by atoms with Crippen LogP contribution in [-0.4, -0.2) is 58.5 Å². The van der Waals surface area contributed by atoms with Crippen molar-refractivity contribution in [2.24, 2.45) is 5.92 Å². The van der Waals surface area contributed by atoms with E-state index in [0.717, 1.165) is 24.0 Å². The molecule has 1 saturated carbocycles. The van der Waals surface area contributed by atoms with E-state index >= 15 is 0 Å². The van der Waals surface area contributed by atoms with Crippen LogP contribution in [0.4, 0.5) is 4.79 Å². The lowest BCUT2D eigenvalue weighted by Gasteiger charge is -2.40. The molecular weight excluding hydrogens is 418 g/mol. The Morgan fingerprint density at radius 3 is 2.24 bits per heavy atom. The van der Waals surface area contributed by atoms with Gasteiger partial charge in [0.2, 0.25) is 11.8 Å². The Balaban J connectivity index is 1.41. The fourth-order valence-corrected chi connectivity index (χ4v) is 5.22. The summed E-state index contributed by atoms with van der Waals surface area (Å²) in [7, 11) is 0. The van der Waals surface area contributed by atoms with E-state index in [1.54, 1.807) is 4.90 Å². The summed E-state index contributed by atoms with van der Waals surface area (Å²) in [6.07, 6.45) is 5.89. The van der Waals surface area contributed by atoms with Gasteiger partial charge in [0, 0.05) is 31.5 Å². The van der Waals surface area contributed by atoms with Crippen molar-refractivity contribution >= 4 is 17.9 Å². The molecule has 1 unspecified atom stereocenters. The lowest BCUT2D eigenvalue weighted by Crippen LogP contribution is -2.56. The van der Waals surface area contributed by atoms with E-state index in [9.17, 15) is 14.4 Å². The van der Waals surface area contributed by atoms with Crippen LogP contribution in [0.5, 0.6) is 0 Å². The number of hydrogen-bond donors (Lipinski definition) is 1. The number of carbonyl (C=O) groups excluding carboxylic acids is 3. The minimum Gasteiger partial charge on any atom is -0.444 e. The van der Waals surface area contributed by atoms with Crippen molar-refractivity contribution in [3.8, 4) is 0 Å². The van der Waals surface area contributed by atoms with Crippen molar-refractivity contribution in [1.29, 1.82) is 0 Å². The number of likely N-dealkylation sites (tertiary alicyclic amines) is 1. The van der Waals surface area contributed by atoms with Gasteiger partial charge in [-0.1, -0.05) is 37.1 Å². The van der Waals surface area contributed by atoms with Crippen molar-refractivity contribution < 1.29 is 19.1 Å². The van der Waals surface area contributed by atoms with Gasteiger partial charge < -0.3 is 15.0 Å². The minimum absolute atomic E-state index is 0.0382. The molecule has 1 aromatic carbocycles. The van der Waals surface area contributed by atoms with E-state index in [0.29, 0.717) is 44.9 Å². The number of fused-ring (bicyclic) bond motifs is 1. The predicted molar refractivity (Wildman–Crippen MR) is 125 cm³/mol. The summed E-state index contributed by atoms with van der Waals surface area (Å²) >= 11 is 0. The molecule has 1 aromatic rings. The van der Waals surface area contributed by atoms with Crippen molar-refractivity contribution in [3.63, 3.8) is 0 Å². The summed E-state index contributed by atoms with van der Waals surface area (Å²) in [5.41, 5.74) is 1.52. The molecule has 0 radical (unpaired) electrons. The number of nitrogens with zero attached hydrogens (tertiary/aromatic N) is 2. The van der Waals surface area contributed by atoms with Gasteiger partial charge in [-0.3, -0.25) is 14.5 Å². The van der Waals surface area contributed by atoms with Crippen LogP contribution in [0.25, 0.3) is 0 Å². The maximum atomic E-state index is 13.6. The maximum absolute atomic E-state index is 13.6. The largest absolute Gasteiger partial charge is 0.444 e. The Labute approximate surface area is 196 Å². The van der Waals surface area contributed by atoms with E-state index < -0.39 is 17.7 Å². The molecule has 1 N–H and O–H groups in total. The smallest absolute Gasteiger partial charge is 0.411 e. The number of piperidine rings is 1. The molecule has 3 amide bonds. The van der Waals surface area contributed by atoms with Gasteiger partial charge in [-0.2, -0.15) is 0 Å². The van der Waals surface area contributed by atoms with Crippen molar-refractivity contribution in [3.05, 3.63) is 35.4 Å². The third-order valence-corrected chi connectivity index (χ3v) is 7.04. The third-order valence-electron chi connectivity index (χ3n) is 7.04. The zero-order valence-electron chi connectivity index (χ0n) is 20.1. The second kappa shape index (κ2) is 9.74. The van der Waals surface area contributed by atoms with Crippen LogP contribution in [-0.2, 0) is 27.3 Å². The Bertz CT molecular complexity index is 880. The zero-order valence-corrected chi connectivity index (χ0v) is 20.1. The first-order valence-corrected chi connectivity index (χ1v) is 12.4. The van der Waals surface area contributed by atoms with Crippen molar-refractivity contribution in [2.45, 2.75) is 89.9 Å². The summed E-state index contributed by atoms with van der Waals surface area (Å²) < 4.78 is 5.64. The molecule has 1 saturated heterocycles. The molecule has 1 aliphatic carbocycles. The Morgan fingerprint density at radius 1 is 0.970 bits per heavy atom. The Hall–Kier alpha value is -2.57. The van der Waals surface area contributed by atoms with Crippen LogP contribution >= 0.6 is 0 Å². The molecule has 7 nitrogen and oxygen atoms in total. The lowest BCUT2D eigenvalue weighted by molar-refractivity contribution is -0.140. The van der Waals surface area contributed by atoms with Gasteiger partial charge in [-0.15, -0.1) is 0 Å². The first-order chi connectivity index (χ1) is 15.7. The normalized spacial score (nSPS) is 22.1. The summed E-state index contributed by atoms with van der Waals surface area (Å²) in [5.74, 6) is 0.0460. The van der Waals surface area contributed by atoms with Gasteiger partial charge in [0.1, 0.15) is 11.6 Å². The summed E-state index contributed by atoms with van der Waals surface area (Å²) in [6.45, 7) is 6.95. The second-order valence-electron chi connectivity index (χ2n) is 10.7. The fourth-order valence-electron chi connectivity index (χ4n) is 5.22. The molecule has 2 aliphatic heterocycles. The molecule has 2 heterocycles. The molecule has 3 aliphatic rings. The first kappa shape index (κ1) is 23.6. The average molecular weight is 456 g/mol. The molecule has 4 rings (SSSR count). The fraction of sp³-hybridized carbons (Fsp3) is 0.654. The van der Waals surface area contributed by atoms with E-state index in [2.05, 4.69) is 5.32 Å². The molecule has 0 spiro atoms. The van der Waals surface area contributed by atoms with Gasteiger partial charge in [0.25, 0.3) is 0 Å². The highest BCUT2D eigenvalue weighted by Crippen LogP contribution is 2.28. The number of amides is 3. The monoisotopic (exact) mass is 455 g/mol. The van der Waals surface area contributed by atoms with Crippen LogP contribution in [0.15, 0.2) is 24.3 Å². The first-order valence-electron chi connectivity index (χ1n) is 12.4. The van der Waals surface area contributed by atoms with Crippen molar-refractivity contribution in [1.82, 2.24) is 15.1 Å². The third kappa shape index (κ3) is 5.68. The van der Waals surface area contributed by atoms with Crippen molar-refractivity contribution in [2.75, 3.05) is 13.1 Å². The molecular formula is C26H37N3O4. The SMILES string of the molecule is CC(C)(C)OC(=O)N1Cc2ccccc2CC1C(=O)N1CCC(C(=O)NC2CCCC2)CC1. The Kier molecular flexibility index (Phi) is 6.96. The molecule has 180 valence electrons. The molecule has 1 atom stereocenters. The van der Waals surface area contributed by atoms with E-state index in [4.69, 9.17) is 4.74 Å². The summed E-state index contributed by atoms with van der Waals surface area (Å²) in [4.78, 5) is 42.6. The number of carbonyl (C=O) groups is 3. The summed E-state index contributed by atoms with van der Waals surface area (Å²) in [6, 6.07) is 7.69. The van der Waals surface area contributed by atoms with Gasteiger partial charge in [-0.05, 0) is 57.6 Å². The van der Waals surface area contributed by atoms with Crippen LogP contribution < -0.4 is 5.32 Å². The number of hydrogen-bond acceptors (Lipinski definition) is 4. The van der Waals surface area contributed by atoms with Crippen LogP contribution in [0, 0.1) is 5.92 Å². The number of rotatable bonds is 3. The molecule has 33 heavy (non-hydrogen) atoms. The maximum Gasteiger partial charge on any atom is 0.411 e. The van der Waals surface area contributed by atoms with Gasteiger partial charge in [0.15, 0.2) is 0 Å². The van der Waals surface area contributed by atoms with Crippen LogP contribution in [0.2, 0.25) is 0 Å². The molecule has 0 bridgehead atoms. The lowest BCUT2D eigenvalue weighted by atomic mass is 9.91. The molecule has 7 heteroatoms. The number of benzene rings is 1. The molecule has 0 aromatic heterocycles. The minimum atomic E-state index is -0.632. The van der Waals surface area contributed by atoms with E-state index in [1.807, 2.05) is 49.9 Å². The van der Waals surface area contributed by atoms with E-state index in [-0.39, 0.29) is 17.7 Å². The summed E-state index contributed by atoms with van der Waals surface area (Å²) in [5, 5.41) is 3.20. The number of nitrogens with one attached hydrogen (secondary N) is 1. The molecule has 2 fully saturated rings. The highest BCUT2D eigenvalue weighted by atomic mass is 16.6. The van der Waals surface area contributed by atoms with Gasteiger partial charge >= 0.3 is 6.09 Å². The van der Waals surface area contributed by atoms with Crippen LogP contribution in [0.3, 0.4) is 0 Å². The average Bonchev–Trinajstić information content (AvgIpc) is 3.29. The van der Waals surface area contributed by atoms with Gasteiger partial charge in [-0.25, -0.2) is 4.79 Å². The van der Waals surface area contributed by atoms with Gasteiger partial charge in [0.05, 0.1) is 6.54 Å². The van der Waals surface area contributed by atoms with Crippen LogP contribution in [0.1, 0.15) is 70.4 Å². The standard InChI is InChI=1S/C26H37N3O4/c1-26(2,3)33-25(32)29-17-20-9-5-4-8-19(20)16-22(29)24(31)28-14-12-18(13-15-28)23(30)27-21-10-6-7-11-21/h4-5,8-9,18,21-22H,6-7,10-17H2,1-3H3,(H,27,30). The number of ether oxygens (including phenoxy) is 1. The highest BCUT2D eigenvalue weighted by Gasteiger charge is 2.40. The quantitative estimate of drug-likeness (QED) is 0.755. The predicted octanol–water partition coefficient (Wildman–Crippen LogP) is 3.65.